The zero-order valence-electron chi connectivity index (χ0n) is 20.7. The van der Waals surface area contributed by atoms with Crippen LogP contribution in [0, 0.1) is 0 Å². The second-order valence-electron chi connectivity index (χ2n) is 9.50. The van der Waals surface area contributed by atoms with Crippen molar-refractivity contribution in [3.05, 3.63) is 42.7 Å². The van der Waals surface area contributed by atoms with Crippen LogP contribution in [0.5, 0.6) is 0 Å². The highest BCUT2D eigenvalue weighted by molar-refractivity contribution is 5.51. The Balaban J connectivity index is 1.71. The lowest BCUT2D eigenvalue weighted by atomic mass is 10.1. The highest BCUT2D eigenvalue weighted by Gasteiger charge is 2.26. The highest BCUT2D eigenvalue weighted by atomic mass is 15.4. The third kappa shape index (κ3) is 10.6. The molecule has 176 valence electrons. The summed E-state index contributed by atoms with van der Waals surface area (Å²) in [6.45, 7) is 5.80. The summed E-state index contributed by atoms with van der Waals surface area (Å²) >= 11 is 0. The molecule has 0 fully saturated rings. The number of hydrogen-bond donors (Lipinski definition) is 0. The van der Waals surface area contributed by atoms with Crippen LogP contribution in [0.25, 0.3) is 0 Å². The van der Waals surface area contributed by atoms with Crippen molar-refractivity contribution in [1.29, 1.82) is 0 Å². The Morgan fingerprint density at radius 3 is 1.68 bits per heavy atom. The van der Waals surface area contributed by atoms with E-state index in [1.54, 1.807) is 0 Å². The van der Waals surface area contributed by atoms with Gasteiger partial charge in [-0.1, -0.05) is 122 Å². The molecular weight excluding hydrogens is 376 g/mol. The molecule has 0 saturated heterocycles. The molecule has 1 aromatic carbocycles. The highest BCUT2D eigenvalue weighted by Crippen LogP contribution is 2.28. The molecule has 1 aromatic rings. The molecule has 0 aromatic heterocycles. The number of nitrogens with zero attached hydrogens (tertiary/aromatic N) is 2. The molecule has 1 aliphatic heterocycles. The van der Waals surface area contributed by atoms with Crippen molar-refractivity contribution in [2.45, 2.75) is 129 Å². The molecular formula is C29H50N2. The van der Waals surface area contributed by atoms with E-state index in [0.717, 1.165) is 0 Å². The van der Waals surface area contributed by atoms with Crippen LogP contribution in [0.15, 0.2) is 42.7 Å². The van der Waals surface area contributed by atoms with E-state index in [9.17, 15) is 0 Å². The van der Waals surface area contributed by atoms with Gasteiger partial charge in [0.05, 0.1) is 0 Å². The number of unbranched alkanes of at least 4 members (excludes halogenated alkanes) is 14. The van der Waals surface area contributed by atoms with Gasteiger partial charge in [0, 0.05) is 24.6 Å². The van der Waals surface area contributed by atoms with Crippen LogP contribution in [0.2, 0.25) is 0 Å². The summed E-state index contributed by atoms with van der Waals surface area (Å²) in [4.78, 5) is 5.12. The molecule has 1 atom stereocenters. The first kappa shape index (κ1) is 25.8. The van der Waals surface area contributed by atoms with E-state index in [-0.39, 0.29) is 0 Å². The second-order valence-corrected chi connectivity index (χ2v) is 9.50. The van der Waals surface area contributed by atoms with Crippen molar-refractivity contribution in [2.24, 2.45) is 0 Å². The quantitative estimate of drug-likeness (QED) is 0.203. The van der Waals surface area contributed by atoms with E-state index in [1.165, 1.54) is 121 Å². The van der Waals surface area contributed by atoms with Crippen molar-refractivity contribution in [2.75, 3.05) is 11.4 Å². The topological polar surface area (TPSA) is 6.48 Å². The van der Waals surface area contributed by atoms with Crippen LogP contribution >= 0.6 is 0 Å². The van der Waals surface area contributed by atoms with Crippen LogP contribution in [0.1, 0.15) is 123 Å². The van der Waals surface area contributed by atoms with Gasteiger partial charge in [0.15, 0.2) is 0 Å². The maximum Gasteiger partial charge on any atom is 0.105 e. The van der Waals surface area contributed by atoms with E-state index in [4.69, 9.17) is 0 Å². The number of hydrogen-bond acceptors (Lipinski definition) is 2. The Bertz CT molecular complexity index is 553. The second kappa shape index (κ2) is 17.2. The number of anilines is 1. The Morgan fingerprint density at radius 1 is 0.581 bits per heavy atom. The fourth-order valence-corrected chi connectivity index (χ4v) is 4.79. The summed E-state index contributed by atoms with van der Waals surface area (Å²) in [6, 6.07) is 11.0. The Kier molecular flexibility index (Phi) is 14.3. The first-order chi connectivity index (χ1) is 15.4. The van der Waals surface area contributed by atoms with Crippen LogP contribution in [-0.2, 0) is 0 Å². The summed E-state index contributed by atoms with van der Waals surface area (Å²) in [5, 5.41) is 0. The third-order valence-electron chi connectivity index (χ3n) is 6.76. The van der Waals surface area contributed by atoms with E-state index >= 15 is 0 Å². The zero-order valence-corrected chi connectivity index (χ0v) is 20.7. The first-order valence-electron chi connectivity index (χ1n) is 13.6. The fourth-order valence-electron chi connectivity index (χ4n) is 4.79. The predicted molar refractivity (Wildman–Crippen MR) is 138 cm³/mol. The lowest BCUT2D eigenvalue weighted by Crippen LogP contribution is -2.39. The van der Waals surface area contributed by atoms with Crippen LogP contribution in [0.4, 0.5) is 5.69 Å². The van der Waals surface area contributed by atoms with Crippen LogP contribution < -0.4 is 4.90 Å². The minimum absolute atomic E-state index is 0.507. The van der Waals surface area contributed by atoms with Crippen molar-refractivity contribution in [3.8, 4) is 0 Å². The molecule has 0 bridgehead atoms. The smallest absolute Gasteiger partial charge is 0.105 e. The molecule has 0 radical (unpaired) electrons. The van der Waals surface area contributed by atoms with Crippen LogP contribution in [0.3, 0.4) is 0 Å². The normalized spacial score (nSPS) is 15.9. The van der Waals surface area contributed by atoms with Crippen molar-refractivity contribution < 1.29 is 0 Å². The average Bonchev–Trinajstić information content (AvgIpc) is 3.20. The van der Waals surface area contributed by atoms with E-state index < -0.39 is 0 Å². The lowest BCUT2D eigenvalue weighted by Gasteiger charge is -2.33. The zero-order chi connectivity index (χ0) is 22.0. The predicted octanol–water partition coefficient (Wildman–Crippen LogP) is 9.28. The molecule has 0 spiro atoms. The minimum atomic E-state index is 0.507. The average molecular weight is 427 g/mol. The van der Waals surface area contributed by atoms with E-state index in [2.05, 4.69) is 66.4 Å². The fraction of sp³-hybridized carbons (Fsp3) is 0.724. The molecule has 2 nitrogen and oxygen atoms in total. The van der Waals surface area contributed by atoms with Gasteiger partial charge in [-0.05, 0) is 31.4 Å². The maximum absolute atomic E-state index is 2.62. The summed E-state index contributed by atoms with van der Waals surface area (Å²) < 4.78 is 0. The molecule has 0 saturated carbocycles. The number of benzene rings is 1. The van der Waals surface area contributed by atoms with Crippen molar-refractivity contribution in [3.63, 3.8) is 0 Å². The first-order valence-corrected chi connectivity index (χ1v) is 13.6. The maximum atomic E-state index is 2.62. The van der Waals surface area contributed by atoms with Gasteiger partial charge in [-0.15, -0.1) is 0 Å². The molecule has 1 unspecified atom stereocenters. The molecule has 0 amide bonds. The van der Waals surface area contributed by atoms with Crippen molar-refractivity contribution >= 4 is 5.69 Å². The Morgan fingerprint density at radius 2 is 1.10 bits per heavy atom. The molecule has 2 heteroatoms. The lowest BCUT2D eigenvalue weighted by molar-refractivity contribution is 0.273. The molecule has 0 N–H and O–H groups in total. The largest absolute Gasteiger partial charge is 0.356 e. The molecule has 2 rings (SSSR count). The standard InChI is InChI=1S/C29H50N2/c1-3-5-7-9-11-13-15-20-24-29-30(25-21-16-14-12-10-8-6-4-2)26-27-31(29)28-22-18-17-19-23-28/h17-19,22-23,26-27,29H,3-16,20-21,24-25H2,1-2H3. The van der Waals surface area contributed by atoms with Crippen LogP contribution in [-0.4, -0.2) is 17.6 Å². The van der Waals surface area contributed by atoms with E-state index in [1.807, 2.05) is 0 Å². The third-order valence-corrected chi connectivity index (χ3v) is 6.76. The van der Waals surface area contributed by atoms with Gasteiger partial charge >= 0.3 is 0 Å². The van der Waals surface area contributed by atoms with Crippen molar-refractivity contribution in [1.82, 2.24) is 4.90 Å². The van der Waals surface area contributed by atoms with Gasteiger partial charge < -0.3 is 9.80 Å². The monoisotopic (exact) mass is 426 g/mol. The molecule has 1 heterocycles. The minimum Gasteiger partial charge on any atom is -0.356 e. The van der Waals surface area contributed by atoms with Gasteiger partial charge in [-0.2, -0.15) is 0 Å². The van der Waals surface area contributed by atoms with Gasteiger partial charge in [0.25, 0.3) is 0 Å². The summed E-state index contributed by atoms with van der Waals surface area (Å²) in [7, 11) is 0. The molecule has 31 heavy (non-hydrogen) atoms. The van der Waals surface area contributed by atoms with Gasteiger partial charge in [-0.25, -0.2) is 0 Å². The summed E-state index contributed by atoms with van der Waals surface area (Å²) in [5.41, 5.74) is 1.33. The van der Waals surface area contributed by atoms with Gasteiger partial charge in [0.1, 0.15) is 6.17 Å². The molecule has 0 aliphatic carbocycles. The summed E-state index contributed by atoms with van der Waals surface area (Å²) in [6.07, 6.45) is 28.8. The molecule has 1 aliphatic rings. The number of rotatable bonds is 19. The van der Waals surface area contributed by atoms with Gasteiger partial charge in [0.2, 0.25) is 0 Å². The van der Waals surface area contributed by atoms with E-state index in [0.29, 0.717) is 6.17 Å². The Hall–Kier alpha value is -1.44. The Labute approximate surface area is 194 Å². The van der Waals surface area contributed by atoms with Gasteiger partial charge in [-0.3, -0.25) is 0 Å². The number of para-hydroxylation sites is 1. The SMILES string of the molecule is CCCCCCCCCCC1N(CCCCCCCCCC)C=CN1c1ccccc1. The summed E-state index contributed by atoms with van der Waals surface area (Å²) in [5.74, 6) is 0.